The first-order valence-corrected chi connectivity index (χ1v) is 12.3. The highest BCUT2D eigenvalue weighted by atomic mass is 32.2. The molecule has 1 aromatic carbocycles. The Hall–Kier alpha value is -3.44. The molecule has 0 aliphatic carbocycles. The van der Waals surface area contributed by atoms with Crippen LogP contribution in [-0.4, -0.2) is 48.5 Å². The molecule has 3 N–H and O–H groups in total. The van der Waals surface area contributed by atoms with Crippen molar-refractivity contribution in [1.82, 2.24) is 20.2 Å². The van der Waals surface area contributed by atoms with E-state index in [4.69, 9.17) is 4.42 Å². The number of fused-ring (bicyclic) bond motifs is 1. The number of hydrogen-bond acceptors (Lipinski definition) is 7. The molecule has 1 unspecified atom stereocenters. The first-order chi connectivity index (χ1) is 16.5. The molecule has 2 atom stereocenters. The zero-order valence-corrected chi connectivity index (χ0v) is 19.4. The van der Waals surface area contributed by atoms with Crippen LogP contribution in [0.1, 0.15) is 23.6 Å². The monoisotopic (exact) mass is 496 g/mol. The van der Waals surface area contributed by atoms with Crippen molar-refractivity contribution in [3.8, 4) is 0 Å². The molecule has 1 fully saturated rings. The minimum atomic E-state index is -1.19. The van der Waals surface area contributed by atoms with Gasteiger partial charge in [0.25, 0.3) is 0 Å². The molecule has 0 bridgehead atoms. The van der Waals surface area contributed by atoms with E-state index in [-0.39, 0.29) is 35.7 Å². The van der Waals surface area contributed by atoms with Gasteiger partial charge in [-0.1, -0.05) is 23.9 Å². The van der Waals surface area contributed by atoms with Crippen LogP contribution in [0.15, 0.2) is 75.0 Å². The summed E-state index contributed by atoms with van der Waals surface area (Å²) in [6.45, 7) is 0. The third-order valence-electron chi connectivity index (χ3n) is 5.40. The Kier molecular flexibility index (Phi) is 6.20. The van der Waals surface area contributed by atoms with E-state index in [9.17, 15) is 19.5 Å². The van der Waals surface area contributed by atoms with Crippen molar-refractivity contribution in [2.45, 2.75) is 34.9 Å². The summed E-state index contributed by atoms with van der Waals surface area (Å²) in [6, 6.07) is 11.1. The lowest BCUT2D eigenvalue weighted by Crippen LogP contribution is -2.57. The lowest BCUT2D eigenvalue weighted by Gasteiger charge is -2.46. The van der Waals surface area contributed by atoms with Crippen LogP contribution in [0.25, 0.3) is 0 Å². The molecule has 5 rings (SSSR count). The number of hydrogen-bond donors (Lipinski definition) is 3. The SMILES string of the molecule is O=C(Cc1ccco1)NC1S[C@@H]2CC(=O)N2C(C(=O)O)=C1Sc1ccc(Cc2ncc[nH]2)cc1. The maximum Gasteiger partial charge on any atom is 0.353 e. The van der Waals surface area contributed by atoms with E-state index in [0.29, 0.717) is 17.1 Å². The molecule has 11 heteroatoms. The van der Waals surface area contributed by atoms with Crippen LogP contribution in [0.4, 0.5) is 0 Å². The number of carbonyl (C=O) groups is 3. The van der Waals surface area contributed by atoms with Crippen molar-refractivity contribution in [1.29, 1.82) is 0 Å². The Bertz CT molecular complexity index is 1240. The van der Waals surface area contributed by atoms with Gasteiger partial charge in [0.15, 0.2) is 0 Å². The van der Waals surface area contributed by atoms with Crippen molar-refractivity contribution in [3.63, 3.8) is 0 Å². The molecule has 1 saturated heterocycles. The van der Waals surface area contributed by atoms with E-state index in [1.165, 1.54) is 34.7 Å². The topological polar surface area (TPSA) is 129 Å². The molecule has 0 spiro atoms. The van der Waals surface area contributed by atoms with Gasteiger partial charge in [-0.3, -0.25) is 14.5 Å². The predicted octanol–water partition coefficient (Wildman–Crippen LogP) is 2.97. The molecule has 2 amide bonds. The second-order valence-corrected chi connectivity index (χ2v) is 10.1. The highest BCUT2D eigenvalue weighted by molar-refractivity contribution is 8.06. The number of nitrogens with zero attached hydrogens (tertiary/aromatic N) is 2. The van der Waals surface area contributed by atoms with Gasteiger partial charge in [-0.05, 0) is 29.8 Å². The summed E-state index contributed by atoms with van der Waals surface area (Å²) >= 11 is 2.61. The lowest BCUT2D eigenvalue weighted by molar-refractivity contribution is -0.146. The predicted molar refractivity (Wildman–Crippen MR) is 126 cm³/mol. The molecule has 4 heterocycles. The Morgan fingerprint density at radius 2 is 2.12 bits per heavy atom. The average molecular weight is 497 g/mol. The van der Waals surface area contributed by atoms with Crippen molar-refractivity contribution >= 4 is 41.3 Å². The number of aromatic nitrogens is 2. The van der Waals surface area contributed by atoms with Gasteiger partial charge < -0.3 is 19.8 Å². The van der Waals surface area contributed by atoms with Crippen LogP contribution in [0.3, 0.4) is 0 Å². The number of aromatic amines is 1. The minimum absolute atomic E-state index is 0.0409. The van der Waals surface area contributed by atoms with E-state index in [2.05, 4.69) is 15.3 Å². The zero-order valence-electron chi connectivity index (χ0n) is 17.8. The number of amides is 2. The molecule has 34 heavy (non-hydrogen) atoms. The van der Waals surface area contributed by atoms with Crippen LogP contribution in [0.2, 0.25) is 0 Å². The number of furan rings is 1. The van der Waals surface area contributed by atoms with Crippen LogP contribution < -0.4 is 5.32 Å². The van der Waals surface area contributed by atoms with Crippen molar-refractivity contribution in [3.05, 3.63) is 82.8 Å². The van der Waals surface area contributed by atoms with Crippen LogP contribution in [0, 0.1) is 0 Å². The average Bonchev–Trinajstić information content (AvgIpc) is 3.50. The number of aliphatic carboxylic acids is 1. The summed E-state index contributed by atoms with van der Waals surface area (Å²) in [5, 5.41) is 12.0. The Balaban J connectivity index is 1.39. The standard InChI is InChI=1S/C23H20N4O5S2/c28-17(11-14-2-1-9-32-14)26-22-21(20(23(30)31)27-18(29)12-19(27)34-22)33-15-5-3-13(4-6-15)10-16-24-7-8-25-16/h1-9,19,22H,10-12H2,(H,24,25)(H,26,28)(H,30,31)/t19-,22?/m1/s1. The maximum absolute atomic E-state index is 12.7. The Morgan fingerprint density at radius 3 is 2.76 bits per heavy atom. The second-order valence-electron chi connectivity index (χ2n) is 7.74. The van der Waals surface area contributed by atoms with E-state index in [0.717, 1.165) is 16.3 Å². The fourth-order valence-electron chi connectivity index (χ4n) is 3.80. The second kappa shape index (κ2) is 9.43. The summed E-state index contributed by atoms with van der Waals surface area (Å²) in [5.41, 5.74) is 0.971. The summed E-state index contributed by atoms with van der Waals surface area (Å²) < 4.78 is 5.25. The van der Waals surface area contributed by atoms with Crippen molar-refractivity contribution in [2.24, 2.45) is 0 Å². The van der Waals surface area contributed by atoms with Crippen LogP contribution >= 0.6 is 23.5 Å². The highest BCUT2D eigenvalue weighted by Crippen LogP contribution is 2.48. The number of H-pyrrole nitrogens is 1. The Labute approximate surface area is 203 Å². The summed E-state index contributed by atoms with van der Waals surface area (Å²) in [6.07, 6.45) is 5.89. The normalized spacial score (nSPS) is 19.5. The number of benzene rings is 1. The molecule has 0 saturated carbocycles. The number of imidazole rings is 1. The molecule has 2 aliphatic heterocycles. The van der Waals surface area contributed by atoms with Gasteiger partial charge in [0.2, 0.25) is 11.8 Å². The van der Waals surface area contributed by atoms with Crippen LogP contribution in [-0.2, 0) is 27.2 Å². The summed E-state index contributed by atoms with van der Waals surface area (Å²) in [4.78, 5) is 46.9. The molecule has 3 aromatic rings. The first kappa shape index (κ1) is 22.4. The van der Waals surface area contributed by atoms with Gasteiger partial charge >= 0.3 is 5.97 Å². The number of β-lactam (4-membered cyclic amide) rings is 1. The van der Waals surface area contributed by atoms with Crippen LogP contribution in [0.5, 0.6) is 0 Å². The molecule has 174 valence electrons. The molecule has 2 aromatic heterocycles. The largest absolute Gasteiger partial charge is 0.477 e. The summed E-state index contributed by atoms with van der Waals surface area (Å²) in [5.74, 6) is -0.352. The quantitative estimate of drug-likeness (QED) is 0.406. The van der Waals surface area contributed by atoms with Gasteiger partial charge in [0, 0.05) is 23.7 Å². The fraction of sp³-hybridized carbons (Fsp3) is 0.217. The van der Waals surface area contributed by atoms with E-state index in [1.54, 1.807) is 24.5 Å². The molecule has 2 aliphatic rings. The van der Waals surface area contributed by atoms with Gasteiger partial charge in [0.05, 0.1) is 29.4 Å². The smallest absolute Gasteiger partial charge is 0.353 e. The first-order valence-electron chi connectivity index (χ1n) is 10.5. The number of thioether (sulfide) groups is 2. The third kappa shape index (κ3) is 4.62. The van der Waals surface area contributed by atoms with Gasteiger partial charge in [-0.2, -0.15) is 0 Å². The van der Waals surface area contributed by atoms with E-state index >= 15 is 0 Å². The third-order valence-corrected chi connectivity index (χ3v) is 8.02. The van der Waals surface area contributed by atoms with Gasteiger partial charge in [-0.25, -0.2) is 9.78 Å². The lowest BCUT2D eigenvalue weighted by atomic mass is 10.1. The number of rotatable bonds is 8. The Morgan fingerprint density at radius 1 is 1.29 bits per heavy atom. The molecular weight excluding hydrogens is 476 g/mol. The van der Waals surface area contributed by atoms with Crippen molar-refractivity contribution in [2.75, 3.05) is 0 Å². The van der Waals surface area contributed by atoms with E-state index in [1.807, 2.05) is 24.3 Å². The van der Waals surface area contributed by atoms with Gasteiger partial charge in [0.1, 0.15) is 22.7 Å². The number of carboxylic acids is 1. The maximum atomic E-state index is 12.7. The number of carboxylic acid groups (broad SMARTS) is 1. The highest BCUT2D eigenvalue weighted by Gasteiger charge is 2.49. The molecule has 9 nitrogen and oxygen atoms in total. The molecular formula is C23H20N4O5S2. The van der Waals surface area contributed by atoms with Crippen molar-refractivity contribution < 1.29 is 23.9 Å². The number of carbonyl (C=O) groups excluding carboxylic acids is 2. The fourth-order valence-corrected chi connectivity index (χ4v) is 6.41. The van der Waals surface area contributed by atoms with Gasteiger partial charge in [-0.15, -0.1) is 11.8 Å². The minimum Gasteiger partial charge on any atom is -0.477 e. The molecule has 0 radical (unpaired) electrons. The van der Waals surface area contributed by atoms with E-state index < -0.39 is 11.3 Å². The zero-order chi connectivity index (χ0) is 23.7. The number of nitrogens with one attached hydrogen (secondary N) is 2. The summed E-state index contributed by atoms with van der Waals surface area (Å²) in [7, 11) is 0.